The summed E-state index contributed by atoms with van der Waals surface area (Å²) >= 11 is 0. The van der Waals surface area contributed by atoms with E-state index in [9.17, 15) is 8.42 Å². The highest BCUT2D eigenvalue weighted by molar-refractivity contribution is 7.90. The number of benzene rings is 3. The van der Waals surface area contributed by atoms with Crippen molar-refractivity contribution in [1.29, 1.82) is 0 Å². The lowest BCUT2D eigenvalue weighted by Gasteiger charge is -2.24. The Kier molecular flexibility index (Phi) is 5.26. The normalized spacial score (nSPS) is 13.4. The van der Waals surface area contributed by atoms with E-state index in [4.69, 9.17) is 14.2 Å². The van der Waals surface area contributed by atoms with Crippen molar-refractivity contribution in [2.45, 2.75) is 11.3 Å². The van der Waals surface area contributed by atoms with Gasteiger partial charge in [-0.05, 0) is 53.6 Å². The molecule has 154 valence electrons. The first-order chi connectivity index (χ1) is 14.4. The third kappa shape index (κ3) is 3.78. The van der Waals surface area contributed by atoms with Gasteiger partial charge in [-0.2, -0.15) is 0 Å². The van der Waals surface area contributed by atoms with Crippen molar-refractivity contribution in [2.24, 2.45) is 0 Å². The Balaban J connectivity index is 1.87. The molecule has 4 rings (SSSR count). The van der Waals surface area contributed by atoms with Crippen LogP contribution >= 0.6 is 0 Å². The highest BCUT2D eigenvalue weighted by Gasteiger charge is 2.23. The van der Waals surface area contributed by atoms with Crippen molar-refractivity contribution in [3.63, 3.8) is 0 Å². The number of fused-ring (bicyclic) bond motifs is 1. The van der Waals surface area contributed by atoms with Crippen molar-refractivity contribution >= 4 is 21.2 Å². The fourth-order valence-electron chi connectivity index (χ4n) is 3.54. The molecule has 6 heteroatoms. The molecule has 3 aromatic carbocycles. The molecule has 5 nitrogen and oxygen atoms in total. The van der Waals surface area contributed by atoms with Crippen molar-refractivity contribution in [3.8, 4) is 17.2 Å². The van der Waals surface area contributed by atoms with Crippen molar-refractivity contribution < 1.29 is 22.6 Å². The van der Waals surface area contributed by atoms with E-state index in [1.807, 2.05) is 42.5 Å². The standard InChI is InChI=1S/C24H22O5S/c1-27-22-13-10-17(15-23(22)28-2)20-14-18-6-4-5-7-21(18)29-24(20)16-8-11-19(12-9-16)30(3,25)26/h4-13,15H,14H2,1-3H3. The van der Waals surface area contributed by atoms with Crippen LogP contribution in [0, 0.1) is 0 Å². The Morgan fingerprint density at radius 2 is 1.50 bits per heavy atom. The molecule has 0 bridgehead atoms. The summed E-state index contributed by atoms with van der Waals surface area (Å²) in [7, 11) is -0.0613. The van der Waals surface area contributed by atoms with Crippen LogP contribution in [-0.2, 0) is 16.3 Å². The van der Waals surface area contributed by atoms with Gasteiger partial charge in [-0.1, -0.05) is 24.3 Å². The Morgan fingerprint density at radius 1 is 0.833 bits per heavy atom. The van der Waals surface area contributed by atoms with E-state index in [1.165, 1.54) is 6.26 Å². The molecule has 30 heavy (non-hydrogen) atoms. The van der Waals surface area contributed by atoms with E-state index in [-0.39, 0.29) is 4.90 Å². The van der Waals surface area contributed by atoms with Crippen LogP contribution < -0.4 is 14.2 Å². The molecular weight excluding hydrogens is 400 g/mol. The Morgan fingerprint density at radius 3 is 2.17 bits per heavy atom. The number of rotatable bonds is 5. The topological polar surface area (TPSA) is 61.8 Å². The molecule has 0 aromatic heterocycles. The molecule has 0 saturated heterocycles. The zero-order valence-corrected chi connectivity index (χ0v) is 17.8. The number of hydrogen-bond acceptors (Lipinski definition) is 5. The monoisotopic (exact) mass is 422 g/mol. The maximum absolute atomic E-state index is 11.8. The van der Waals surface area contributed by atoms with Crippen molar-refractivity contribution in [3.05, 3.63) is 83.4 Å². The van der Waals surface area contributed by atoms with Gasteiger partial charge in [0.2, 0.25) is 0 Å². The number of para-hydroxylation sites is 1. The lowest BCUT2D eigenvalue weighted by Crippen LogP contribution is -2.10. The molecule has 1 aliphatic heterocycles. The molecule has 0 N–H and O–H groups in total. The first kappa shape index (κ1) is 20.0. The van der Waals surface area contributed by atoms with Crippen LogP contribution in [0.4, 0.5) is 0 Å². The summed E-state index contributed by atoms with van der Waals surface area (Å²) in [6.07, 6.45) is 1.87. The average Bonchev–Trinajstić information content (AvgIpc) is 2.77. The zero-order valence-electron chi connectivity index (χ0n) is 17.0. The van der Waals surface area contributed by atoms with E-state index in [1.54, 1.807) is 38.5 Å². The summed E-state index contributed by atoms with van der Waals surface area (Å²) in [6, 6.07) is 20.4. The van der Waals surface area contributed by atoms with Crippen LogP contribution in [0.3, 0.4) is 0 Å². The van der Waals surface area contributed by atoms with Gasteiger partial charge in [0.1, 0.15) is 11.5 Å². The number of sulfone groups is 1. The molecular formula is C24H22O5S. The van der Waals surface area contributed by atoms with Crippen LogP contribution in [0.1, 0.15) is 16.7 Å². The van der Waals surface area contributed by atoms with E-state index < -0.39 is 9.84 Å². The smallest absolute Gasteiger partial charge is 0.175 e. The third-order valence-electron chi connectivity index (χ3n) is 5.10. The Bertz CT molecular complexity index is 1220. The van der Waals surface area contributed by atoms with Gasteiger partial charge in [0, 0.05) is 23.8 Å². The quantitative estimate of drug-likeness (QED) is 0.601. The van der Waals surface area contributed by atoms with Gasteiger partial charge in [-0.3, -0.25) is 0 Å². The van der Waals surface area contributed by atoms with E-state index in [0.29, 0.717) is 23.7 Å². The predicted molar refractivity (Wildman–Crippen MR) is 117 cm³/mol. The lowest BCUT2D eigenvalue weighted by molar-refractivity contribution is 0.355. The number of hydrogen-bond donors (Lipinski definition) is 0. The molecule has 0 radical (unpaired) electrons. The summed E-state index contributed by atoms with van der Waals surface area (Å²) in [5.74, 6) is 2.77. The van der Waals surface area contributed by atoms with E-state index >= 15 is 0 Å². The summed E-state index contributed by atoms with van der Waals surface area (Å²) in [6.45, 7) is 0. The van der Waals surface area contributed by atoms with E-state index in [2.05, 4.69) is 0 Å². The Labute approximate surface area is 176 Å². The maximum Gasteiger partial charge on any atom is 0.175 e. The lowest BCUT2D eigenvalue weighted by atomic mass is 9.92. The third-order valence-corrected chi connectivity index (χ3v) is 6.23. The Hall–Kier alpha value is -3.25. The molecule has 3 aromatic rings. The van der Waals surface area contributed by atoms with Gasteiger partial charge in [0.05, 0.1) is 19.1 Å². The molecule has 0 atom stereocenters. The summed E-state index contributed by atoms with van der Waals surface area (Å²) in [5.41, 5.74) is 3.83. The molecule has 0 fully saturated rings. The second-order valence-corrected chi connectivity index (χ2v) is 9.08. The van der Waals surface area contributed by atoms with Gasteiger partial charge < -0.3 is 14.2 Å². The molecule has 0 amide bonds. The highest BCUT2D eigenvalue weighted by atomic mass is 32.2. The second kappa shape index (κ2) is 7.88. The molecule has 1 heterocycles. The molecule has 0 saturated carbocycles. The van der Waals surface area contributed by atoms with Crippen molar-refractivity contribution in [1.82, 2.24) is 0 Å². The minimum absolute atomic E-state index is 0.274. The molecule has 0 unspecified atom stereocenters. The van der Waals surface area contributed by atoms with Gasteiger partial charge in [-0.25, -0.2) is 8.42 Å². The molecule has 0 spiro atoms. The van der Waals surface area contributed by atoms with Crippen LogP contribution in [0.2, 0.25) is 0 Å². The average molecular weight is 423 g/mol. The zero-order chi connectivity index (χ0) is 21.3. The number of methoxy groups -OCH3 is 2. The highest BCUT2D eigenvalue weighted by Crippen LogP contribution is 2.41. The summed E-state index contributed by atoms with van der Waals surface area (Å²) < 4.78 is 40.8. The minimum Gasteiger partial charge on any atom is -0.493 e. The maximum atomic E-state index is 11.8. The van der Waals surface area contributed by atoms with Gasteiger partial charge in [0.15, 0.2) is 21.3 Å². The largest absolute Gasteiger partial charge is 0.493 e. The van der Waals surface area contributed by atoms with Crippen LogP contribution in [0.5, 0.6) is 17.2 Å². The SMILES string of the molecule is COc1ccc(C2=C(c3ccc(S(C)(=O)=O)cc3)Oc3ccccc3C2)cc1OC. The minimum atomic E-state index is -3.27. The van der Waals surface area contributed by atoms with Crippen LogP contribution in [-0.4, -0.2) is 28.9 Å². The van der Waals surface area contributed by atoms with Crippen molar-refractivity contribution in [2.75, 3.05) is 20.5 Å². The first-order valence-electron chi connectivity index (χ1n) is 9.42. The van der Waals surface area contributed by atoms with Crippen LogP contribution in [0.25, 0.3) is 11.3 Å². The predicted octanol–water partition coefficient (Wildman–Crippen LogP) is 4.61. The number of ether oxygens (including phenoxy) is 3. The first-order valence-corrected chi connectivity index (χ1v) is 11.3. The van der Waals surface area contributed by atoms with Crippen LogP contribution in [0.15, 0.2) is 71.6 Å². The fraction of sp³-hybridized carbons (Fsp3) is 0.167. The second-order valence-electron chi connectivity index (χ2n) is 7.06. The van der Waals surface area contributed by atoms with Gasteiger partial charge in [0.25, 0.3) is 0 Å². The van der Waals surface area contributed by atoms with E-state index in [0.717, 1.165) is 28.0 Å². The summed E-state index contributed by atoms with van der Waals surface area (Å²) in [4.78, 5) is 0.274. The molecule has 1 aliphatic rings. The summed E-state index contributed by atoms with van der Waals surface area (Å²) in [5, 5.41) is 0. The fourth-order valence-corrected chi connectivity index (χ4v) is 4.17. The molecule has 0 aliphatic carbocycles. The van der Waals surface area contributed by atoms with Gasteiger partial charge in [-0.15, -0.1) is 0 Å². The number of allylic oxidation sites excluding steroid dienone is 1. The van der Waals surface area contributed by atoms with Gasteiger partial charge >= 0.3 is 0 Å².